The average molecular weight is 317 g/mol. The minimum absolute atomic E-state index is 0.107. The molecule has 0 unspecified atom stereocenters. The fraction of sp³-hybridized carbons (Fsp3) is 0.600. The zero-order chi connectivity index (χ0) is 14.8. The van der Waals surface area contributed by atoms with Gasteiger partial charge in [0.05, 0.1) is 17.1 Å². The molecule has 1 N–H and O–H groups in total. The zero-order valence-electron chi connectivity index (χ0n) is 11.7. The van der Waals surface area contributed by atoms with Crippen molar-refractivity contribution in [1.29, 1.82) is 0 Å². The molecule has 1 fully saturated rings. The Kier molecular flexibility index (Phi) is 4.77. The topological polar surface area (TPSA) is 54.4 Å². The number of sulfone groups is 1. The lowest BCUT2D eigenvalue weighted by atomic mass is 9.81. The van der Waals surface area contributed by atoms with Crippen LogP contribution in [0.2, 0.25) is 5.02 Å². The number of benzene rings is 1. The monoisotopic (exact) mass is 316 g/mol. The van der Waals surface area contributed by atoms with Crippen LogP contribution in [-0.2, 0) is 15.6 Å². The third kappa shape index (κ3) is 4.21. The van der Waals surface area contributed by atoms with Crippen LogP contribution in [0.3, 0.4) is 0 Å². The van der Waals surface area contributed by atoms with E-state index in [-0.39, 0.29) is 11.5 Å². The summed E-state index contributed by atoms with van der Waals surface area (Å²) >= 11 is 6.00. The Labute approximate surface area is 125 Å². The lowest BCUT2D eigenvalue weighted by Crippen LogP contribution is -2.40. The molecule has 3 nitrogen and oxygen atoms in total. The highest BCUT2D eigenvalue weighted by Crippen LogP contribution is 2.33. The quantitative estimate of drug-likeness (QED) is 0.928. The van der Waals surface area contributed by atoms with Crippen molar-refractivity contribution in [2.45, 2.75) is 44.0 Å². The molecule has 0 aromatic heterocycles. The van der Waals surface area contributed by atoms with Gasteiger partial charge in [0.15, 0.2) is 9.84 Å². The number of rotatable bonds is 4. The molecule has 0 amide bonds. The Balaban J connectivity index is 2.06. The van der Waals surface area contributed by atoms with E-state index in [9.17, 15) is 13.5 Å². The van der Waals surface area contributed by atoms with Crippen molar-refractivity contribution < 1.29 is 13.5 Å². The number of hydrogen-bond acceptors (Lipinski definition) is 3. The summed E-state index contributed by atoms with van der Waals surface area (Å²) in [6, 6.07) is 6.94. The molecule has 1 aromatic rings. The lowest BCUT2D eigenvalue weighted by molar-refractivity contribution is 0.0135. The second-order valence-corrected chi connectivity index (χ2v) is 8.50. The van der Waals surface area contributed by atoms with Gasteiger partial charge in [-0.15, -0.1) is 0 Å². The second-order valence-electron chi connectivity index (χ2n) is 6.03. The predicted molar refractivity (Wildman–Crippen MR) is 81.5 cm³/mol. The predicted octanol–water partition coefficient (Wildman–Crippen LogP) is 3.20. The average Bonchev–Trinajstić information content (AvgIpc) is 2.35. The molecule has 0 bridgehead atoms. The summed E-state index contributed by atoms with van der Waals surface area (Å²) in [4.78, 5) is 0. The number of aliphatic hydroxyl groups is 1. The molecule has 0 spiro atoms. The standard InChI is InChI=1S/C15H21ClO3S/c1-12-6-8-15(17,9-7-12)11-20(18,19)10-13-4-2-3-5-14(13)16/h2-5,12,17H,6-11H2,1H3. The van der Waals surface area contributed by atoms with Crippen LogP contribution in [0, 0.1) is 5.92 Å². The minimum atomic E-state index is -3.37. The van der Waals surface area contributed by atoms with Gasteiger partial charge in [-0.25, -0.2) is 8.42 Å². The van der Waals surface area contributed by atoms with Gasteiger partial charge in [-0.1, -0.05) is 36.7 Å². The summed E-state index contributed by atoms with van der Waals surface area (Å²) in [7, 11) is -3.37. The molecule has 0 radical (unpaired) electrons. The molecule has 112 valence electrons. The highest BCUT2D eigenvalue weighted by molar-refractivity contribution is 7.90. The van der Waals surface area contributed by atoms with Gasteiger partial charge in [0.25, 0.3) is 0 Å². The number of hydrogen-bond donors (Lipinski definition) is 1. The maximum Gasteiger partial charge on any atom is 0.157 e. The Morgan fingerprint density at radius 3 is 2.50 bits per heavy atom. The van der Waals surface area contributed by atoms with Crippen LogP contribution in [0.15, 0.2) is 24.3 Å². The molecular formula is C15H21ClO3S. The first-order valence-electron chi connectivity index (χ1n) is 6.96. The summed E-state index contributed by atoms with van der Waals surface area (Å²) in [6.45, 7) is 2.14. The van der Waals surface area contributed by atoms with Gasteiger partial charge in [-0.3, -0.25) is 0 Å². The van der Waals surface area contributed by atoms with Crippen molar-refractivity contribution in [3.05, 3.63) is 34.9 Å². The van der Waals surface area contributed by atoms with Crippen LogP contribution >= 0.6 is 11.6 Å². The molecule has 0 atom stereocenters. The first kappa shape index (κ1) is 15.8. The zero-order valence-corrected chi connectivity index (χ0v) is 13.3. The van der Waals surface area contributed by atoms with E-state index in [0.29, 0.717) is 29.3 Å². The third-order valence-electron chi connectivity index (χ3n) is 4.03. The van der Waals surface area contributed by atoms with Crippen LogP contribution < -0.4 is 0 Å². The van der Waals surface area contributed by atoms with E-state index in [0.717, 1.165) is 12.8 Å². The van der Waals surface area contributed by atoms with Gasteiger partial charge in [-0.2, -0.15) is 0 Å². The van der Waals surface area contributed by atoms with Crippen LogP contribution in [0.1, 0.15) is 38.2 Å². The highest BCUT2D eigenvalue weighted by atomic mass is 35.5. The number of halogens is 1. The largest absolute Gasteiger partial charge is 0.389 e. The maximum absolute atomic E-state index is 12.3. The minimum Gasteiger partial charge on any atom is -0.389 e. The summed E-state index contributed by atoms with van der Waals surface area (Å²) in [6.07, 6.45) is 2.90. The lowest BCUT2D eigenvalue weighted by Gasteiger charge is -2.34. The van der Waals surface area contributed by atoms with E-state index in [1.807, 2.05) is 0 Å². The molecular weight excluding hydrogens is 296 g/mol. The molecule has 1 aliphatic carbocycles. The van der Waals surface area contributed by atoms with E-state index in [4.69, 9.17) is 11.6 Å². The normalized spacial score (nSPS) is 27.4. The second kappa shape index (κ2) is 6.04. The van der Waals surface area contributed by atoms with Crippen LogP contribution in [0.5, 0.6) is 0 Å². The fourth-order valence-electron chi connectivity index (χ4n) is 2.76. The fourth-order valence-corrected chi connectivity index (χ4v) is 4.97. The summed E-state index contributed by atoms with van der Waals surface area (Å²) in [5.41, 5.74) is -0.464. The van der Waals surface area contributed by atoms with Gasteiger partial charge in [0.1, 0.15) is 0 Å². The van der Waals surface area contributed by atoms with Crippen molar-refractivity contribution in [3.8, 4) is 0 Å². The van der Waals surface area contributed by atoms with E-state index in [2.05, 4.69) is 6.92 Å². The molecule has 20 heavy (non-hydrogen) atoms. The third-order valence-corrected chi connectivity index (χ3v) is 6.12. The highest BCUT2D eigenvalue weighted by Gasteiger charge is 2.36. The van der Waals surface area contributed by atoms with Crippen LogP contribution in [0.25, 0.3) is 0 Å². The molecule has 0 aliphatic heterocycles. The van der Waals surface area contributed by atoms with Gasteiger partial charge in [-0.05, 0) is 43.2 Å². The Hall–Kier alpha value is -0.580. The van der Waals surface area contributed by atoms with E-state index in [1.165, 1.54) is 0 Å². The van der Waals surface area contributed by atoms with E-state index in [1.54, 1.807) is 24.3 Å². The summed E-state index contributed by atoms with van der Waals surface area (Å²) < 4.78 is 24.6. The Morgan fingerprint density at radius 2 is 1.90 bits per heavy atom. The van der Waals surface area contributed by atoms with Gasteiger partial charge in [0, 0.05) is 5.02 Å². The van der Waals surface area contributed by atoms with Gasteiger partial charge < -0.3 is 5.11 Å². The van der Waals surface area contributed by atoms with Crippen molar-refractivity contribution >= 4 is 21.4 Å². The molecule has 1 saturated carbocycles. The van der Waals surface area contributed by atoms with Crippen molar-refractivity contribution in [3.63, 3.8) is 0 Å². The molecule has 2 rings (SSSR count). The van der Waals surface area contributed by atoms with E-state index < -0.39 is 15.4 Å². The van der Waals surface area contributed by atoms with Gasteiger partial charge in [0.2, 0.25) is 0 Å². The molecule has 5 heteroatoms. The molecule has 0 saturated heterocycles. The Bertz CT molecular complexity index is 560. The molecule has 1 aromatic carbocycles. The van der Waals surface area contributed by atoms with Crippen molar-refractivity contribution in [1.82, 2.24) is 0 Å². The van der Waals surface area contributed by atoms with Crippen molar-refractivity contribution in [2.24, 2.45) is 5.92 Å². The maximum atomic E-state index is 12.3. The first-order chi connectivity index (χ1) is 9.30. The molecule has 1 aliphatic rings. The summed E-state index contributed by atoms with van der Waals surface area (Å²) in [5, 5.41) is 10.9. The SMILES string of the molecule is CC1CCC(O)(CS(=O)(=O)Cc2ccccc2Cl)CC1. The Morgan fingerprint density at radius 1 is 1.30 bits per heavy atom. The van der Waals surface area contributed by atoms with E-state index >= 15 is 0 Å². The van der Waals surface area contributed by atoms with Crippen LogP contribution in [-0.4, -0.2) is 24.9 Å². The van der Waals surface area contributed by atoms with Gasteiger partial charge >= 0.3 is 0 Å². The smallest absolute Gasteiger partial charge is 0.157 e. The van der Waals surface area contributed by atoms with Crippen LogP contribution in [0.4, 0.5) is 0 Å². The summed E-state index contributed by atoms with van der Waals surface area (Å²) in [5.74, 6) is 0.296. The van der Waals surface area contributed by atoms with Crippen molar-refractivity contribution in [2.75, 3.05) is 5.75 Å². The first-order valence-corrected chi connectivity index (χ1v) is 9.16. The molecule has 0 heterocycles.